The van der Waals surface area contributed by atoms with Crippen molar-refractivity contribution in [2.45, 2.75) is 18.6 Å². The predicted molar refractivity (Wildman–Crippen MR) is 70.3 cm³/mol. The van der Waals surface area contributed by atoms with E-state index in [0.29, 0.717) is 5.95 Å². The Bertz CT molecular complexity index is 350. The molecule has 96 valence electrons. The van der Waals surface area contributed by atoms with Gasteiger partial charge in [0, 0.05) is 11.3 Å². The zero-order chi connectivity index (χ0) is 12.9. The van der Waals surface area contributed by atoms with Crippen LogP contribution in [0, 0.1) is 0 Å². The number of nitrogens with one attached hydrogen (secondary N) is 2. The fourth-order valence-electron chi connectivity index (χ4n) is 0.955. The van der Waals surface area contributed by atoms with Crippen LogP contribution < -0.4 is 21.3 Å². The Morgan fingerprint density at radius 2 is 1.94 bits per heavy atom. The first kappa shape index (κ1) is 13.8. The fraction of sp³-hybridized carbons (Fsp3) is 0.667. The summed E-state index contributed by atoms with van der Waals surface area (Å²) in [6.45, 7) is 4.99. The Morgan fingerprint density at radius 1 is 1.29 bits per heavy atom. The molecule has 17 heavy (non-hydrogen) atoms. The van der Waals surface area contributed by atoms with Gasteiger partial charge in [0.1, 0.15) is 0 Å². The minimum Gasteiger partial charge on any atom is -0.467 e. The number of rotatable bonds is 6. The van der Waals surface area contributed by atoms with Crippen LogP contribution >= 0.6 is 11.8 Å². The summed E-state index contributed by atoms with van der Waals surface area (Å²) in [7, 11) is 1.49. The van der Waals surface area contributed by atoms with E-state index in [-0.39, 0.29) is 16.7 Å². The molecule has 0 aliphatic rings. The van der Waals surface area contributed by atoms with Gasteiger partial charge in [-0.3, -0.25) is 5.43 Å². The molecule has 0 fully saturated rings. The lowest BCUT2D eigenvalue weighted by Crippen LogP contribution is -2.27. The molecular formula is C9H18N6OS. The van der Waals surface area contributed by atoms with E-state index in [1.54, 1.807) is 11.8 Å². The van der Waals surface area contributed by atoms with Crippen molar-refractivity contribution in [3.63, 3.8) is 0 Å². The molecule has 0 aromatic carbocycles. The van der Waals surface area contributed by atoms with Crippen molar-refractivity contribution in [3.05, 3.63) is 0 Å². The molecule has 0 unspecified atom stereocenters. The van der Waals surface area contributed by atoms with Crippen LogP contribution in [-0.2, 0) is 0 Å². The number of thioether (sulfide) groups is 1. The van der Waals surface area contributed by atoms with Crippen molar-refractivity contribution in [1.29, 1.82) is 0 Å². The highest BCUT2D eigenvalue weighted by molar-refractivity contribution is 7.99. The third-order valence-electron chi connectivity index (χ3n) is 2.15. The lowest BCUT2D eigenvalue weighted by molar-refractivity contribution is 0.379. The average molecular weight is 258 g/mol. The maximum atomic E-state index is 5.26. The Labute approximate surface area is 105 Å². The van der Waals surface area contributed by atoms with Gasteiger partial charge in [-0.1, -0.05) is 0 Å². The van der Waals surface area contributed by atoms with Gasteiger partial charge in [-0.25, -0.2) is 5.84 Å². The maximum absolute atomic E-state index is 5.26. The van der Waals surface area contributed by atoms with E-state index in [2.05, 4.69) is 45.8 Å². The van der Waals surface area contributed by atoms with Gasteiger partial charge in [0.05, 0.1) is 7.11 Å². The molecule has 1 rings (SSSR count). The van der Waals surface area contributed by atoms with E-state index in [9.17, 15) is 0 Å². The largest absolute Gasteiger partial charge is 0.467 e. The lowest BCUT2D eigenvalue weighted by atomic mass is 10.2. The Kier molecular flexibility index (Phi) is 4.76. The SMILES string of the molecule is COc1nc(NN)nc(NCC(C)(C)SC)n1. The summed E-state index contributed by atoms with van der Waals surface area (Å²) >= 11 is 1.76. The molecule has 0 saturated carbocycles. The van der Waals surface area contributed by atoms with Crippen LogP contribution in [0.4, 0.5) is 11.9 Å². The second-order valence-electron chi connectivity index (χ2n) is 3.93. The number of aromatic nitrogens is 3. The third kappa shape index (κ3) is 4.23. The third-order valence-corrected chi connectivity index (χ3v) is 3.40. The summed E-state index contributed by atoms with van der Waals surface area (Å²) in [5.74, 6) is 5.96. The summed E-state index contributed by atoms with van der Waals surface area (Å²) in [5, 5.41) is 3.13. The van der Waals surface area contributed by atoms with Crippen LogP contribution in [0.1, 0.15) is 13.8 Å². The Balaban J connectivity index is 2.76. The van der Waals surface area contributed by atoms with Crippen LogP contribution in [0.3, 0.4) is 0 Å². The van der Waals surface area contributed by atoms with E-state index in [0.717, 1.165) is 6.54 Å². The smallest absolute Gasteiger partial charge is 0.322 e. The van der Waals surface area contributed by atoms with Crippen molar-refractivity contribution in [2.75, 3.05) is 30.7 Å². The summed E-state index contributed by atoms with van der Waals surface area (Å²) in [4.78, 5) is 12.1. The molecule has 1 aromatic heterocycles. The summed E-state index contributed by atoms with van der Waals surface area (Å²) < 4.78 is 5.05. The predicted octanol–water partition coefficient (Wildman–Crippen LogP) is 0.719. The summed E-state index contributed by atoms with van der Waals surface area (Å²) in [6.07, 6.45) is 2.06. The molecule has 8 heteroatoms. The van der Waals surface area contributed by atoms with Crippen molar-refractivity contribution in [3.8, 4) is 6.01 Å². The van der Waals surface area contributed by atoms with Crippen molar-refractivity contribution in [2.24, 2.45) is 5.84 Å². The molecule has 0 amide bonds. The van der Waals surface area contributed by atoms with Crippen molar-refractivity contribution >= 4 is 23.7 Å². The van der Waals surface area contributed by atoms with Gasteiger partial charge >= 0.3 is 6.01 Å². The molecule has 0 radical (unpaired) electrons. The molecule has 0 aliphatic carbocycles. The van der Waals surface area contributed by atoms with Gasteiger partial charge < -0.3 is 10.1 Å². The molecule has 0 aliphatic heterocycles. The minimum absolute atomic E-state index is 0.0934. The van der Waals surface area contributed by atoms with Gasteiger partial charge in [-0.05, 0) is 20.1 Å². The zero-order valence-corrected chi connectivity index (χ0v) is 11.3. The summed E-state index contributed by atoms with van der Waals surface area (Å²) in [6, 6.07) is 0.220. The number of nitrogens with zero attached hydrogens (tertiary/aromatic N) is 3. The topological polar surface area (TPSA) is 98.0 Å². The standard InChI is InChI=1S/C9H18N6OS/c1-9(2,17-4)5-11-6-12-7(15-10)14-8(13-6)16-3/h5,10H2,1-4H3,(H2,11,12,13,14,15). The van der Waals surface area contributed by atoms with E-state index in [4.69, 9.17) is 10.6 Å². The first-order valence-corrected chi connectivity index (χ1v) is 6.29. The highest BCUT2D eigenvalue weighted by atomic mass is 32.2. The van der Waals surface area contributed by atoms with Crippen LogP contribution in [0.15, 0.2) is 0 Å². The Morgan fingerprint density at radius 3 is 2.47 bits per heavy atom. The normalized spacial score (nSPS) is 11.1. The highest BCUT2D eigenvalue weighted by Crippen LogP contribution is 2.21. The van der Waals surface area contributed by atoms with E-state index in [1.165, 1.54) is 7.11 Å². The first-order chi connectivity index (χ1) is 8.00. The molecule has 0 atom stereocenters. The van der Waals surface area contributed by atoms with Gasteiger partial charge in [-0.2, -0.15) is 26.7 Å². The maximum Gasteiger partial charge on any atom is 0.322 e. The van der Waals surface area contributed by atoms with Gasteiger partial charge in [0.25, 0.3) is 0 Å². The van der Waals surface area contributed by atoms with Crippen LogP contribution in [0.25, 0.3) is 0 Å². The number of hydrogen-bond acceptors (Lipinski definition) is 8. The Hall–Kier alpha value is -1.28. The summed E-state index contributed by atoms with van der Waals surface area (Å²) in [5.41, 5.74) is 2.37. The molecular weight excluding hydrogens is 240 g/mol. The number of hydrogen-bond donors (Lipinski definition) is 3. The number of nitrogen functional groups attached to an aromatic ring is 1. The van der Waals surface area contributed by atoms with Gasteiger partial charge in [-0.15, -0.1) is 0 Å². The number of hydrazine groups is 1. The van der Waals surface area contributed by atoms with Crippen LogP contribution in [0.2, 0.25) is 0 Å². The number of ether oxygens (including phenoxy) is 1. The molecule has 7 nitrogen and oxygen atoms in total. The lowest BCUT2D eigenvalue weighted by Gasteiger charge is -2.22. The molecule has 4 N–H and O–H groups in total. The van der Waals surface area contributed by atoms with E-state index < -0.39 is 0 Å². The molecule has 1 heterocycles. The van der Waals surface area contributed by atoms with Gasteiger partial charge in [0.2, 0.25) is 11.9 Å². The van der Waals surface area contributed by atoms with Crippen LogP contribution in [0.5, 0.6) is 6.01 Å². The molecule has 1 aromatic rings. The van der Waals surface area contributed by atoms with E-state index >= 15 is 0 Å². The zero-order valence-electron chi connectivity index (χ0n) is 10.4. The number of anilines is 2. The van der Waals surface area contributed by atoms with Crippen molar-refractivity contribution < 1.29 is 4.74 Å². The molecule has 0 spiro atoms. The number of nitrogens with two attached hydrogens (primary N) is 1. The monoisotopic (exact) mass is 258 g/mol. The fourth-order valence-corrected chi connectivity index (χ4v) is 1.17. The number of methoxy groups -OCH3 is 1. The molecule has 0 saturated heterocycles. The average Bonchev–Trinajstić information content (AvgIpc) is 2.36. The second kappa shape index (κ2) is 5.87. The quantitative estimate of drug-likeness (QED) is 0.507. The highest BCUT2D eigenvalue weighted by Gasteiger charge is 2.16. The van der Waals surface area contributed by atoms with E-state index in [1.807, 2.05) is 0 Å². The minimum atomic E-state index is 0.0934. The van der Waals surface area contributed by atoms with Crippen LogP contribution in [-0.4, -0.2) is 39.6 Å². The molecule has 0 bridgehead atoms. The second-order valence-corrected chi connectivity index (χ2v) is 5.44. The van der Waals surface area contributed by atoms with Gasteiger partial charge in [0.15, 0.2) is 0 Å². The van der Waals surface area contributed by atoms with Crippen molar-refractivity contribution in [1.82, 2.24) is 15.0 Å². The first-order valence-electron chi connectivity index (χ1n) is 5.06.